The maximum atomic E-state index is 13.4. The Bertz CT molecular complexity index is 805. The average Bonchev–Trinajstić information content (AvgIpc) is 3.25. The van der Waals surface area contributed by atoms with E-state index in [4.69, 9.17) is 0 Å². The molecule has 0 radical (unpaired) electrons. The van der Waals surface area contributed by atoms with E-state index in [0.29, 0.717) is 35.9 Å². The highest BCUT2D eigenvalue weighted by atomic mass is 32.2. The van der Waals surface area contributed by atoms with Crippen LogP contribution in [0, 0.1) is 11.3 Å². The van der Waals surface area contributed by atoms with Crippen molar-refractivity contribution in [3.63, 3.8) is 0 Å². The normalized spacial score (nSPS) is 20.6. The van der Waals surface area contributed by atoms with Gasteiger partial charge < -0.3 is 10.4 Å². The molecule has 3 rings (SSSR count). The Labute approximate surface area is 189 Å². The first-order chi connectivity index (χ1) is 14.8. The Morgan fingerprint density at radius 3 is 2.55 bits per heavy atom. The number of carbonyl (C=O) groups is 3. The molecule has 6 nitrogen and oxygen atoms in total. The second-order valence-electron chi connectivity index (χ2n) is 9.28. The topological polar surface area (TPSA) is 86.7 Å². The predicted octanol–water partition coefficient (Wildman–Crippen LogP) is 5.77. The van der Waals surface area contributed by atoms with Crippen molar-refractivity contribution in [2.75, 3.05) is 11.9 Å². The fourth-order valence-electron chi connectivity index (χ4n) is 4.72. The number of nitrogens with one attached hydrogen (secondary N) is 1. The van der Waals surface area contributed by atoms with E-state index >= 15 is 0 Å². The zero-order chi connectivity index (χ0) is 22.4. The van der Waals surface area contributed by atoms with Gasteiger partial charge in [-0.25, -0.2) is 4.79 Å². The lowest BCUT2D eigenvalue weighted by Crippen LogP contribution is -2.39. The van der Waals surface area contributed by atoms with Gasteiger partial charge in [0.15, 0.2) is 0 Å². The van der Waals surface area contributed by atoms with Gasteiger partial charge in [-0.2, -0.15) is 0 Å². The van der Waals surface area contributed by atoms with Crippen LogP contribution >= 0.6 is 11.8 Å². The highest BCUT2D eigenvalue weighted by Crippen LogP contribution is 2.43. The van der Waals surface area contributed by atoms with E-state index < -0.39 is 12.1 Å². The summed E-state index contributed by atoms with van der Waals surface area (Å²) < 4.78 is 0. The van der Waals surface area contributed by atoms with Crippen molar-refractivity contribution < 1.29 is 19.5 Å². The minimum Gasteiger partial charge on any atom is -0.465 e. The van der Waals surface area contributed by atoms with Crippen molar-refractivity contribution in [3.05, 3.63) is 24.3 Å². The standard InChI is InChI=1S/C24H34N2O4S/c1-17(2)12-15-24(13-6-3-7-14-24)22(28)25-18-9-4-5-11-20(18)31-21(27)19-10-8-16-26(19)23(29)30/h4-5,9,11,17,19H,3,6-8,10,12-16H2,1-2H3,(H,25,28)(H,29,30)/t19-/m0/s1. The van der Waals surface area contributed by atoms with Gasteiger partial charge in [0.1, 0.15) is 6.04 Å². The molecule has 170 valence electrons. The van der Waals surface area contributed by atoms with Crippen LogP contribution in [0.2, 0.25) is 0 Å². The largest absolute Gasteiger partial charge is 0.465 e. The summed E-state index contributed by atoms with van der Waals surface area (Å²) in [7, 11) is 0. The predicted molar refractivity (Wildman–Crippen MR) is 123 cm³/mol. The van der Waals surface area contributed by atoms with Gasteiger partial charge in [-0.1, -0.05) is 45.2 Å². The first-order valence-corrected chi connectivity index (χ1v) is 12.3. The van der Waals surface area contributed by atoms with E-state index in [1.54, 1.807) is 0 Å². The van der Waals surface area contributed by atoms with E-state index in [1.807, 2.05) is 24.3 Å². The van der Waals surface area contributed by atoms with Crippen LogP contribution in [0.25, 0.3) is 0 Å². The van der Waals surface area contributed by atoms with Crippen LogP contribution in [0.4, 0.5) is 10.5 Å². The molecule has 1 heterocycles. The maximum Gasteiger partial charge on any atom is 0.407 e. The van der Waals surface area contributed by atoms with Gasteiger partial charge in [0.2, 0.25) is 11.0 Å². The Kier molecular flexibility index (Phi) is 8.03. The molecule has 0 spiro atoms. The lowest BCUT2D eigenvalue weighted by molar-refractivity contribution is -0.128. The summed E-state index contributed by atoms with van der Waals surface area (Å²) in [6.45, 7) is 4.77. The molecular weight excluding hydrogens is 412 g/mol. The zero-order valence-corrected chi connectivity index (χ0v) is 19.4. The molecule has 1 aromatic rings. The number of para-hydroxylation sites is 1. The third-order valence-corrected chi connectivity index (χ3v) is 7.66. The fourth-order valence-corrected chi connectivity index (χ4v) is 5.69. The van der Waals surface area contributed by atoms with Crippen LogP contribution in [0.3, 0.4) is 0 Å². The maximum absolute atomic E-state index is 13.4. The molecule has 0 aromatic heterocycles. The molecule has 2 amide bonds. The monoisotopic (exact) mass is 446 g/mol. The summed E-state index contributed by atoms with van der Waals surface area (Å²) >= 11 is 1.04. The number of amides is 2. The summed E-state index contributed by atoms with van der Waals surface area (Å²) in [5.74, 6) is 0.608. The van der Waals surface area contributed by atoms with E-state index in [9.17, 15) is 19.5 Å². The quantitative estimate of drug-likeness (QED) is 0.519. The number of rotatable bonds is 7. The zero-order valence-electron chi connectivity index (χ0n) is 18.6. The lowest BCUT2D eigenvalue weighted by Gasteiger charge is -2.36. The van der Waals surface area contributed by atoms with Crippen molar-refractivity contribution in [1.82, 2.24) is 4.90 Å². The molecule has 0 bridgehead atoms. The third kappa shape index (κ3) is 5.82. The molecule has 31 heavy (non-hydrogen) atoms. The smallest absolute Gasteiger partial charge is 0.407 e. The third-order valence-electron chi connectivity index (χ3n) is 6.61. The number of carboxylic acid groups (broad SMARTS) is 1. The second kappa shape index (κ2) is 10.5. The van der Waals surface area contributed by atoms with E-state index in [0.717, 1.165) is 50.3 Å². The molecule has 0 unspecified atom stereocenters. The minimum absolute atomic E-state index is 0.0568. The molecular formula is C24H34N2O4S. The Morgan fingerprint density at radius 1 is 1.16 bits per heavy atom. The van der Waals surface area contributed by atoms with Gasteiger partial charge >= 0.3 is 6.09 Å². The molecule has 2 N–H and O–H groups in total. The number of hydrogen-bond donors (Lipinski definition) is 2. The fraction of sp³-hybridized carbons (Fsp3) is 0.625. The number of nitrogens with zero attached hydrogens (tertiary/aromatic N) is 1. The first kappa shape index (κ1) is 23.6. The van der Waals surface area contributed by atoms with Gasteiger partial charge in [0.05, 0.1) is 5.69 Å². The van der Waals surface area contributed by atoms with Gasteiger partial charge in [0, 0.05) is 16.9 Å². The SMILES string of the molecule is CC(C)CCC1(C(=O)Nc2ccccc2SC(=O)[C@@H]2CCCN2C(=O)O)CCCCC1. The molecule has 1 saturated heterocycles. The van der Waals surface area contributed by atoms with Crippen molar-refractivity contribution in [3.8, 4) is 0 Å². The Hall–Kier alpha value is -2.02. The molecule has 2 fully saturated rings. The minimum atomic E-state index is -1.05. The summed E-state index contributed by atoms with van der Waals surface area (Å²) in [6.07, 6.45) is 7.26. The van der Waals surface area contributed by atoms with E-state index in [-0.39, 0.29) is 16.4 Å². The number of hydrogen-bond acceptors (Lipinski definition) is 4. The van der Waals surface area contributed by atoms with Gasteiger partial charge in [-0.15, -0.1) is 0 Å². The lowest BCUT2D eigenvalue weighted by atomic mass is 9.69. The van der Waals surface area contributed by atoms with E-state index in [2.05, 4.69) is 19.2 Å². The molecule has 1 atom stereocenters. The summed E-state index contributed by atoms with van der Waals surface area (Å²) in [6, 6.07) is 6.72. The molecule has 1 aromatic carbocycles. The first-order valence-electron chi connectivity index (χ1n) is 11.4. The molecule has 1 saturated carbocycles. The molecule has 7 heteroatoms. The highest BCUT2D eigenvalue weighted by Gasteiger charge is 2.39. The number of anilines is 1. The van der Waals surface area contributed by atoms with Crippen molar-refractivity contribution >= 4 is 34.6 Å². The van der Waals surface area contributed by atoms with Crippen LogP contribution in [-0.2, 0) is 9.59 Å². The molecule has 1 aliphatic carbocycles. The Balaban J connectivity index is 1.74. The summed E-state index contributed by atoms with van der Waals surface area (Å²) in [5, 5.41) is 12.3. The van der Waals surface area contributed by atoms with Gasteiger partial charge in [0.25, 0.3) is 0 Å². The van der Waals surface area contributed by atoms with Crippen LogP contribution < -0.4 is 5.32 Å². The van der Waals surface area contributed by atoms with Gasteiger partial charge in [-0.3, -0.25) is 14.5 Å². The van der Waals surface area contributed by atoms with Crippen molar-refractivity contribution in [2.45, 2.75) is 82.6 Å². The van der Waals surface area contributed by atoms with Crippen molar-refractivity contribution in [2.24, 2.45) is 11.3 Å². The van der Waals surface area contributed by atoms with E-state index in [1.165, 1.54) is 11.3 Å². The van der Waals surface area contributed by atoms with Crippen LogP contribution in [0.5, 0.6) is 0 Å². The van der Waals surface area contributed by atoms with Crippen LogP contribution in [-0.4, -0.2) is 39.7 Å². The number of likely N-dealkylation sites (tertiary alicyclic amines) is 1. The average molecular weight is 447 g/mol. The second-order valence-corrected chi connectivity index (χ2v) is 10.3. The number of thioether (sulfide) groups is 1. The highest BCUT2D eigenvalue weighted by molar-refractivity contribution is 8.14. The van der Waals surface area contributed by atoms with Crippen molar-refractivity contribution in [1.29, 1.82) is 0 Å². The summed E-state index contributed by atoms with van der Waals surface area (Å²) in [4.78, 5) is 39.6. The van der Waals surface area contributed by atoms with Crippen LogP contribution in [0.15, 0.2) is 29.2 Å². The summed E-state index contributed by atoms with van der Waals surface area (Å²) in [5.41, 5.74) is 0.302. The van der Waals surface area contributed by atoms with Gasteiger partial charge in [-0.05, 0) is 68.3 Å². The Morgan fingerprint density at radius 2 is 1.87 bits per heavy atom. The van der Waals surface area contributed by atoms with Crippen LogP contribution in [0.1, 0.15) is 71.6 Å². The molecule has 2 aliphatic rings. The number of benzene rings is 1. The number of carbonyl (C=O) groups excluding carboxylic acids is 2. The molecule has 1 aliphatic heterocycles.